The van der Waals surface area contributed by atoms with Crippen molar-refractivity contribution in [2.75, 3.05) is 33.2 Å². The molecule has 1 aromatic carbocycles. The van der Waals surface area contributed by atoms with Crippen LogP contribution in [-0.4, -0.2) is 39.4 Å². The summed E-state index contributed by atoms with van der Waals surface area (Å²) >= 11 is 0. The highest BCUT2D eigenvalue weighted by Gasteiger charge is 2.06. The van der Waals surface area contributed by atoms with Crippen molar-refractivity contribution >= 4 is 17.6 Å². The number of esters is 2. The molecule has 0 aliphatic carbocycles. The average molecular weight is 522 g/mol. The minimum atomic E-state index is -0.110. The molecule has 1 rings (SSSR count). The van der Waals surface area contributed by atoms with Gasteiger partial charge in [0.1, 0.15) is 0 Å². The third-order valence-corrected chi connectivity index (χ3v) is 6.49. The minimum absolute atomic E-state index is 0.109. The van der Waals surface area contributed by atoms with Crippen LogP contribution >= 0.6 is 0 Å². The van der Waals surface area contributed by atoms with Crippen LogP contribution in [0.1, 0.15) is 116 Å². The number of unbranched alkanes of at least 4 members (excludes halogenated alkanes) is 14. The predicted octanol–water partition coefficient (Wildman–Crippen LogP) is 7.39. The number of ether oxygens (including phenoxy) is 4. The zero-order valence-corrected chi connectivity index (χ0v) is 23.4. The Kier molecular flexibility index (Phi) is 20.0. The second kappa shape index (κ2) is 22.7. The van der Waals surface area contributed by atoms with E-state index >= 15 is 0 Å². The zero-order valence-electron chi connectivity index (χ0n) is 23.4. The molecule has 0 atom stereocenters. The number of hydrogen-bond acceptors (Lipinski definition) is 7. The molecule has 37 heavy (non-hydrogen) atoms. The van der Waals surface area contributed by atoms with Crippen molar-refractivity contribution in [3.8, 4) is 11.5 Å². The first-order valence-corrected chi connectivity index (χ1v) is 14.4. The van der Waals surface area contributed by atoms with Crippen LogP contribution in [0.4, 0.5) is 5.69 Å². The second-order valence-corrected chi connectivity index (χ2v) is 9.71. The Hall–Kier alpha value is -2.44. The predicted molar refractivity (Wildman–Crippen MR) is 149 cm³/mol. The SMILES string of the molecule is COC(=O)CCCCCCCCCCOc1ccc(N)cc1OCCCCCCCCCCC(=O)OC. The summed E-state index contributed by atoms with van der Waals surface area (Å²) in [6, 6.07) is 5.61. The van der Waals surface area contributed by atoms with Gasteiger partial charge in [0.15, 0.2) is 11.5 Å². The number of nitrogen functional groups attached to an aromatic ring is 1. The number of anilines is 1. The van der Waals surface area contributed by atoms with Crippen LogP contribution in [0, 0.1) is 0 Å². The van der Waals surface area contributed by atoms with Crippen molar-refractivity contribution < 1.29 is 28.5 Å². The van der Waals surface area contributed by atoms with Gasteiger partial charge in [-0.2, -0.15) is 0 Å². The summed E-state index contributed by atoms with van der Waals surface area (Å²) in [5, 5.41) is 0. The zero-order chi connectivity index (χ0) is 27.0. The average Bonchev–Trinajstić information content (AvgIpc) is 2.90. The Morgan fingerprint density at radius 2 is 0.946 bits per heavy atom. The molecule has 0 aromatic heterocycles. The molecule has 7 heteroatoms. The molecule has 2 N–H and O–H groups in total. The summed E-state index contributed by atoms with van der Waals surface area (Å²) in [5.74, 6) is 1.29. The Labute approximate surface area is 224 Å². The van der Waals surface area contributed by atoms with E-state index in [-0.39, 0.29) is 11.9 Å². The summed E-state index contributed by atoms with van der Waals surface area (Å²) < 4.78 is 21.3. The molecular formula is C30H51NO6. The van der Waals surface area contributed by atoms with E-state index in [9.17, 15) is 9.59 Å². The highest BCUT2D eigenvalue weighted by Crippen LogP contribution is 2.30. The largest absolute Gasteiger partial charge is 0.490 e. The van der Waals surface area contributed by atoms with E-state index in [0.717, 1.165) is 62.9 Å². The van der Waals surface area contributed by atoms with E-state index in [2.05, 4.69) is 9.47 Å². The number of rotatable bonds is 24. The standard InChI is InChI=1S/C30H51NO6/c1-34-29(32)19-15-11-7-3-5-9-13-17-23-36-27-22-21-26(31)25-28(27)37-24-18-14-10-6-4-8-12-16-20-30(33)35-2/h21-22,25H,3-20,23-24,31H2,1-2H3. The van der Waals surface area contributed by atoms with Gasteiger partial charge in [0.2, 0.25) is 0 Å². The lowest BCUT2D eigenvalue weighted by Gasteiger charge is -2.13. The normalized spacial score (nSPS) is 10.8. The van der Waals surface area contributed by atoms with Crippen LogP contribution in [0.15, 0.2) is 18.2 Å². The summed E-state index contributed by atoms with van der Waals surface area (Å²) in [6.45, 7) is 1.34. The molecule has 0 amide bonds. The van der Waals surface area contributed by atoms with Crippen LogP contribution in [0.25, 0.3) is 0 Å². The molecule has 0 aliphatic rings. The molecule has 0 spiro atoms. The maximum Gasteiger partial charge on any atom is 0.305 e. The van der Waals surface area contributed by atoms with Gasteiger partial charge in [0, 0.05) is 24.6 Å². The van der Waals surface area contributed by atoms with Gasteiger partial charge in [-0.05, 0) is 37.8 Å². The molecule has 0 radical (unpaired) electrons. The molecule has 212 valence electrons. The van der Waals surface area contributed by atoms with E-state index in [1.54, 1.807) is 0 Å². The maximum atomic E-state index is 11.1. The molecule has 0 fully saturated rings. The van der Waals surface area contributed by atoms with Gasteiger partial charge in [0.05, 0.1) is 27.4 Å². The van der Waals surface area contributed by atoms with Crippen molar-refractivity contribution in [2.24, 2.45) is 0 Å². The number of carbonyl (C=O) groups excluding carboxylic acids is 2. The minimum Gasteiger partial charge on any atom is -0.490 e. The Bertz CT molecular complexity index is 724. The first-order chi connectivity index (χ1) is 18.1. The first-order valence-electron chi connectivity index (χ1n) is 14.4. The molecular weight excluding hydrogens is 470 g/mol. The molecule has 0 aliphatic heterocycles. The molecule has 0 heterocycles. The highest BCUT2D eigenvalue weighted by molar-refractivity contribution is 5.69. The van der Waals surface area contributed by atoms with Crippen molar-refractivity contribution in [2.45, 2.75) is 116 Å². The summed E-state index contributed by atoms with van der Waals surface area (Å²) in [5.41, 5.74) is 6.64. The topological polar surface area (TPSA) is 97.1 Å². The fourth-order valence-electron chi connectivity index (χ4n) is 4.19. The maximum absolute atomic E-state index is 11.1. The second-order valence-electron chi connectivity index (χ2n) is 9.71. The van der Waals surface area contributed by atoms with Crippen molar-refractivity contribution in [3.05, 3.63) is 18.2 Å². The van der Waals surface area contributed by atoms with E-state index in [1.165, 1.54) is 65.6 Å². The molecule has 0 unspecified atom stereocenters. The van der Waals surface area contributed by atoms with Crippen molar-refractivity contribution in [1.82, 2.24) is 0 Å². The van der Waals surface area contributed by atoms with Gasteiger partial charge in [-0.3, -0.25) is 9.59 Å². The number of carbonyl (C=O) groups is 2. The molecule has 0 saturated carbocycles. The van der Waals surface area contributed by atoms with Crippen LogP contribution in [0.2, 0.25) is 0 Å². The third-order valence-electron chi connectivity index (χ3n) is 6.49. The van der Waals surface area contributed by atoms with Gasteiger partial charge < -0.3 is 24.7 Å². The highest BCUT2D eigenvalue weighted by atomic mass is 16.5. The monoisotopic (exact) mass is 521 g/mol. The molecule has 0 bridgehead atoms. The molecule has 0 saturated heterocycles. The van der Waals surface area contributed by atoms with E-state index in [0.29, 0.717) is 31.7 Å². The summed E-state index contributed by atoms with van der Waals surface area (Å²) in [7, 11) is 2.89. The smallest absolute Gasteiger partial charge is 0.305 e. The number of nitrogens with two attached hydrogens (primary N) is 1. The number of hydrogen-bond donors (Lipinski definition) is 1. The fraction of sp³-hybridized carbons (Fsp3) is 0.733. The van der Waals surface area contributed by atoms with Gasteiger partial charge in [0.25, 0.3) is 0 Å². The van der Waals surface area contributed by atoms with Gasteiger partial charge in [-0.25, -0.2) is 0 Å². The van der Waals surface area contributed by atoms with Crippen molar-refractivity contribution in [1.29, 1.82) is 0 Å². The number of methoxy groups -OCH3 is 2. The fourth-order valence-corrected chi connectivity index (χ4v) is 4.19. The quantitative estimate of drug-likeness (QED) is 0.0860. The van der Waals surface area contributed by atoms with Crippen LogP contribution in [0.5, 0.6) is 11.5 Å². The van der Waals surface area contributed by atoms with Crippen LogP contribution in [0.3, 0.4) is 0 Å². The molecule has 1 aromatic rings. The Morgan fingerprint density at radius 3 is 1.38 bits per heavy atom. The van der Waals surface area contributed by atoms with Crippen LogP contribution < -0.4 is 15.2 Å². The third kappa shape index (κ3) is 18.5. The summed E-state index contributed by atoms with van der Waals surface area (Å²) in [4.78, 5) is 22.2. The van der Waals surface area contributed by atoms with Gasteiger partial charge >= 0.3 is 11.9 Å². The van der Waals surface area contributed by atoms with E-state index < -0.39 is 0 Å². The van der Waals surface area contributed by atoms with Gasteiger partial charge in [-0.15, -0.1) is 0 Å². The van der Waals surface area contributed by atoms with E-state index in [1.807, 2.05) is 18.2 Å². The van der Waals surface area contributed by atoms with Crippen molar-refractivity contribution in [3.63, 3.8) is 0 Å². The number of benzene rings is 1. The lowest BCUT2D eigenvalue weighted by molar-refractivity contribution is -0.141. The summed E-state index contributed by atoms with van der Waals surface area (Å²) in [6.07, 6.45) is 19.1. The lowest BCUT2D eigenvalue weighted by atomic mass is 10.1. The van der Waals surface area contributed by atoms with E-state index in [4.69, 9.17) is 15.2 Å². The lowest BCUT2D eigenvalue weighted by Crippen LogP contribution is -2.03. The van der Waals surface area contributed by atoms with Gasteiger partial charge in [-0.1, -0.05) is 77.0 Å². The molecule has 7 nitrogen and oxygen atoms in total. The van der Waals surface area contributed by atoms with Crippen LogP contribution in [-0.2, 0) is 19.1 Å². The Balaban J connectivity index is 2.05. The Morgan fingerprint density at radius 1 is 0.568 bits per heavy atom. The first kappa shape index (κ1) is 32.6.